The molecule has 301 valence electrons. The van der Waals surface area contributed by atoms with Gasteiger partial charge in [0.25, 0.3) is 0 Å². The Morgan fingerprint density at radius 2 is 1.67 bits per heavy atom. The van der Waals surface area contributed by atoms with Crippen molar-refractivity contribution < 1.29 is 112 Å². The Kier molecular flexibility index (Phi) is 12.9. The molecule has 1 amide bonds. The Labute approximate surface area is 356 Å². The zero-order valence-electron chi connectivity index (χ0n) is 33.0. The Balaban J connectivity index is 0.00000673. The molecule has 11 atom stereocenters. The predicted octanol–water partition coefficient (Wildman–Crippen LogP) is 2.22. The second kappa shape index (κ2) is 15.7. The van der Waals surface area contributed by atoms with Crippen LogP contribution in [-0.2, 0) is 38.1 Å². The number of benzene rings is 1. The van der Waals surface area contributed by atoms with E-state index in [2.05, 4.69) is 5.32 Å². The first kappa shape index (κ1) is 45.3. The summed E-state index contributed by atoms with van der Waals surface area (Å²) in [5.41, 5.74) is -7.68. The number of amides is 1. The summed E-state index contributed by atoms with van der Waals surface area (Å²) < 4.78 is 28.7. The summed E-state index contributed by atoms with van der Waals surface area (Å²) >= 11 is 0. The normalized spacial score (nSPS) is 34.8. The zero-order valence-corrected chi connectivity index (χ0v) is 37.7. The van der Waals surface area contributed by atoms with Crippen LogP contribution in [0.5, 0.6) is 0 Å². The first-order valence-corrected chi connectivity index (χ1v) is 18.1. The average Bonchev–Trinajstić information content (AvgIpc) is 3.05. The maximum Gasteiger partial charge on any atom is 0.407 e. The SMILES string of the molecule is CC(=O)OC1C(=O)[C@]2(C)C(O)CC3OCC3(O)C2C(OC(=O)c2cccc(C)c2)C2(O)CC(OC(=O)C(O)C(C)NC(=O)OC(C)(C)C)C(C)=C1C2(C)C.[Ac]. The molecule has 1 radical (unpaired) electrons. The van der Waals surface area contributed by atoms with Crippen molar-refractivity contribution >= 4 is 29.8 Å². The van der Waals surface area contributed by atoms with E-state index < -0.39 is 112 Å². The number of alkyl carbamates (subject to hydrolysis) is 1. The first-order chi connectivity index (χ1) is 24.8. The largest absolute Gasteiger partial charge is 0.456 e. The quantitative estimate of drug-likeness (QED) is 0.150. The maximum atomic E-state index is 15.1. The fourth-order valence-corrected chi connectivity index (χ4v) is 8.80. The predicted molar refractivity (Wildman–Crippen MR) is 189 cm³/mol. The van der Waals surface area contributed by atoms with Crippen LogP contribution in [0.25, 0.3) is 0 Å². The van der Waals surface area contributed by atoms with Crippen molar-refractivity contribution in [3.63, 3.8) is 0 Å². The molecule has 55 heavy (non-hydrogen) atoms. The van der Waals surface area contributed by atoms with Crippen LogP contribution in [0.2, 0.25) is 0 Å². The van der Waals surface area contributed by atoms with Crippen LogP contribution in [-0.4, -0.2) is 116 Å². The van der Waals surface area contributed by atoms with E-state index in [4.69, 9.17) is 23.7 Å². The van der Waals surface area contributed by atoms with Crippen LogP contribution < -0.4 is 5.32 Å². The molecule has 1 saturated heterocycles. The standard InChI is InChI=1S/C39H53NO14.Ac/c1-18-12-11-13-22(14-18)32(45)53-31-29-37(10,24(42)15-25-38(29,48)17-50-25)30(44)28(51-21(4)41)26-19(2)23(16-39(31,49)36(26,8)9)52-33(46)27(43)20(3)40-34(47)54-35(5,6)7;/h11-14,20,23-25,27-29,31,42-43,48-49H,15-17H2,1-10H3,(H,40,47);/t20?,23?,24?,25?,27?,28?,29?,31?,37-,38?,39?;/m1./s1. The average molecular weight is 987 g/mol. The van der Waals surface area contributed by atoms with E-state index >= 15 is 4.79 Å². The number of nitrogens with one attached hydrogen (secondary N) is 1. The third-order valence-corrected chi connectivity index (χ3v) is 11.8. The van der Waals surface area contributed by atoms with Gasteiger partial charge in [0.15, 0.2) is 18.0 Å². The minimum Gasteiger partial charge on any atom is -0.456 e. The molecule has 0 aromatic heterocycles. The van der Waals surface area contributed by atoms with Crippen molar-refractivity contribution in [2.75, 3.05) is 6.61 Å². The Morgan fingerprint density at radius 3 is 2.22 bits per heavy atom. The summed E-state index contributed by atoms with van der Waals surface area (Å²) in [6.45, 7) is 14.8. The van der Waals surface area contributed by atoms with Crippen LogP contribution in [0, 0.1) is 67.7 Å². The second-order valence-corrected chi connectivity index (χ2v) is 17.0. The molecule has 1 aromatic carbocycles. The second-order valence-electron chi connectivity index (χ2n) is 17.0. The molecule has 1 aromatic rings. The molecule has 15 nitrogen and oxygen atoms in total. The van der Waals surface area contributed by atoms with E-state index in [0.29, 0.717) is 0 Å². The number of carbonyl (C=O) groups is 5. The smallest absolute Gasteiger partial charge is 0.407 e. The number of ketones is 1. The van der Waals surface area contributed by atoms with Crippen LogP contribution in [0.1, 0.15) is 91.1 Å². The van der Waals surface area contributed by atoms with Gasteiger partial charge in [0.1, 0.15) is 29.0 Å². The molecule has 1 aliphatic heterocycles. The number of aryl methyl sites for hydroxylation is 1. The number of fused-ring (bicyclic) bond motifs is 5. The van der Waals surface area contributed by atoms with Crippen molar-refractivity contribution in [2.24, 2.45) is 16.7 Å². The molecular formula is C39H53AcNO14. The number of hydrogen-bond donors (Lipinski definition) is 5. The summed E-state index contributed by atoms with van der Waals surface area (Å²) in [7, 11) is 0. The number of Topliss-reactive ketones (excluding diaryl/α,β-unsaturated/α-hetero) is 1. The van der Waals surface area contributed by atoms with Gasteiger partial charge in [-0.2, -0.15) is 0 Å². The molecular weight excluding hydrogens is 933 g/mol. The molecule has 3 fully saturated rings. The number of ether oxygens (including phenoxy) is 5. The van der Waals surface area contributed by atoms with E-state index in [1.54, 1.807) is 59.7 Å². The Hall–Kier alpha value is -2.45. The van der Waals surface area contributed by atoms with Gasteiger partial charge in [-0.3, -0.25) is 9.59 Å². The first-order valence-electron chi connectivity index (χ1n) is 18.1. The molecule has 10 unspecified atom stereocenters. The number of aliphatic hydroxyl groups is 4. The number of aliphatic hydroxyl groups excluding tert-OH is 2. The monoisotopic (exact) mass is 986 g/mol. The van der Waals surface area contributed by atoms with E-state index in [-0.39, 0.29) is 73.8 Å². The zero-order chi connectivity index (χ0) is 40.5. The minimum atomic E-state index is -2.32. The van der Waals surface area contributed by atoms with Gasteiger partial charge in [-0.15, -0.1) is 0 Å². The van der Waals surface area contributed by atoms with Crippen LogP contribution in [0.3, 0.4) is 0 Å². The summed E-state index contributed by atoms with van der Waals surface area (Å²) in [5, 5.41) is 50.8. The van der Waals surface area contributed by atoms with Gasteiger partial charge in [0.2, 0.25) is 0 Å². The molecule has 0 spiro atoms. The number of hydrogen-bond acceptors (Lipinski definition) is 14. The Bertz CT molecular complexity index is 1750. The maximum absolute atomic E-state index is 15.1. The van der Waals surface area contributed by atoms with Gasteiger partial charge in [-0.25, -0.2) is 14.4 Å². The molecule has 2 saturated carbocycles. The number of rotatable bonds is 7. The molecule has 2 bridgehead atoms. The summed E-state index contributed by atoms with van der Waals surface area (Å²) in [6, 6.07) is 5.27. The molecule has 5 rings (SSSR count). The number of carbonyl (C=O) groups excluding carboxylic acids is 5. The van der Waals surface area contributed by atoms with Crippen LogP contribution >= 0.6 is 0 Å². The third-order valence-electron chi connectivity index (χ3n) is 11.8. The Morgan fingerprint density at radius 1 is 1.04 bits per heavy atom. The summed E-state index contributed by atoms with van der Waals surface area (Å²) in [6.07, 6.45) is -11.0. The molecule has 5 N–H and O–H groups in total. The summed E-state index contributed by atoms with van der Waals surface area (Å²) in [4.78, 5) is 67.9. The van der Waals surface area contributed by atoms with Crippen molar-refractivity contribution in [2.45, 2.75) is 142 Å². The van der Waals surface area contributed by atoms with Crippen molar-refractivity contribution in [3.8, 4) is 0 Å². The topological polar surface area (TPSA) is 224 Å². The van der Waals surface area contributed by atoms with Gasteiger partial charge in [0.05, 0.1) is 35.8 Å². The van der Waals surface area contributed by atoms with E-state index in [0.717, 1.165) is 12.5 Å². The molecule has 1 heterocycles. The van der Waals surface area contributed by atoms with Gasteiger partial charge in [-0.05, 0) is 71.7 Å². The fraction of sp³-hybridized carbons (Fsp3) is 0.667. The summed E-state index contributed by atoms with van der Waals surface area (Å²) in [5.74, 6) is -5.37. The van der Waals surface area contributed by atoms with Gasteiger partial charge in [-0.1, -0.05) is 31.5 Å². The van der Waals surface area contributed by atoms with E-state index in [1.165, 1.54) is 26.8 Å². The van der Waals surface area contributed by atoms with Gasteiger partial charge >= 0.3 is 24.0 Å². The van der Waals surface area contributed by atoms with Crippen molar-refractivity contribution in [3.05, 3.63) is 46.5 Å². The fourth-order valence-electron chi connectivity index (χ4n) is 8.80. The molecule has 4 aliphatic rings. The number of esters is 3. The van der Waals surface area contributed by atoms with Gasteiger partial charge < -0.3 is 49.4 Å². The van der Waals surface area contributed by atoms with Gasteiger partial charge in [0, 0.05) is 75.2 Å². The third kappa shape index (κ3) is 7.90. The molecule has 3 aliphatic carbocycles. The minimum absolute atomic E-state index is 0. The van der Waals surface area contributed by atoms with E-state index in [9.17, 15) is 39.6 Å². The van der Waals surface area contributed by atoms with Crippen LogP contribution in [0.4, 0.5) is 4.79 Å². The van der Waals surface area contributed by atoms with Crippen molar-refractivity contribution in [1.29, 1.82) is 0 Å². The van der Waals surface area contributed by atoms with Crippen LogP contribution in [0.15, 0.2) is 35.4 Å². The molecule has 16 heteroatoms. The van der Waals surface area contributed by atoms with E-state index in [1.807, 2.05) is 0 Å². The van der Waals surface area contributed by atoms with Crippen molar-refractivity contribution in [1.82, 2.24) is 5.32 Å².